The summed E-state index contributed by atoms with van der Waals surface area (Å²) in [6.07, 6.45) is 0.742. The Morgan fingerprint density at radius 3 is 2.47 bits per heavy atom. The molecule has 192 valence electrons. The van der Waals surface area contributed by atoms with Crippen molar-refractivity contribution in [2.24, 2.45) is 4.99 Å². The number of carbonyl (C=O) groups excluding carboxylic acids is 1. The van der Waals surface area contributed by atoms with Crippen molar-refractivity contribution in [3.05, 3.63) is 64.5 Å². The smallest absolute Gasteiger partial charge is 0.314 e. The zero-order chi connectivity index (χ0) is 25.2. The van der Waals surface area contributed by atoms with Crippen molar-refractivity contribution in [2.45, 2.75) is 13.0 Å². The molecule has 1 aliphatic rings. The van der Waals surface area contributed by atoms with Crippen LogP contribution in [0.25, 0.3) is 11.3 Å². The third kappa shape index (κ3) is 7.16. The third-order valence-corrected chi connectivity index (χ3v) is 6.76. The molecule has 36 heavy (non-hydrogen) atoms. The fourth-order valence-electron chi connectivity index (χ4n) is 3.96. The Morgan fingerprint density at radius 2 is 1.75 bits per heavy atom. The van der Waals surface area contributed by atoms with Gasteiger partial charge < -0.3 is 30.2 Å². The number of aromatic nitrogens is 1. The molecular formula is C26H33FN6O2S. The first kappa shape index (κ1) is 25.9. The summed E-state index contributed by atoms with van der Waals surface area (Å²) in [5.74, 6) is -0.284. The van der Waals surface area contributed by atoms with Crippen molar-refractivity contribution in [1.82, 2.24) is 20.5 Å². The number of likely N-dealkylation sites (N-methyl/N-ethyl adjacent to an activating group) is 1. The lowest BCUT2D eigenvalue weighted by Gasteiger charge is -2.28. The Hall–Kier alpha value is -3.21. The summed E-state index contributed by atoms with van der Waals surface area (Å²) in [6.45, 7) is 5.82. The van der Waals surface area contributed by atoms with Gasteiger partial charge in [-0.25, -0.2) is 14.2 Å². The predicted octanol–water partition coefficient (Wildman–Crippen LogP) is 3.33. The van der Waals surface area contributed by atoms with Gasteiger partial charge in [-0.15, -0.1) is 11.3 Å². The normalized spacial score (nSPS) is 14.2. The number of nitrogens with zero attached hydrogens (tertiary/aromatic N) is 3. The number of ether oxygens (including phenoxy) is 1. The lowest BCUT2D eigenvalue weighted by atomic mass is 10.1. The highest BCUT2D eigenvalue weighted by molar-refractivity contribution is 7.07. The first-order valence-corrected chi connectivity index (χ1v) is 13.1. The van der Waals surface area contributed by atoms with Gasteiger partial charge in [0.1, 0.15) is 5.82 Å². The van der Waals surface area contributed by atoms with Crippen LogP contribution in [0.15, 0.2) is 58.9 Å². The number of hydrogen-bond acceptors (Lipinski definition) is 6. The number of hydrogen-bond donors (Lipinski definition) is 3. The van der Waals surface area contributed by atoms with Gasteiger partial charge in [0.15, 0.2) is 4.80 Å². The summed E-state index contributed by atoms with van der Waals surface area (Å²) in [5.41, 5.74) is 4.05. The van der Waals surface area contributed by atoms with Crippen molar-refractivity contribution in [3.63, 3.8) is 0 Å². The summed E-state index contributed by atoms with van der Waals surface area (Å²) < 4.78 is 21.0. The van der Waals surface area contributed by atoms with Crippen LogP contribution in [-0.2, 0) is 11.3 Å². The summed E-state index contributed by atoms with van der Waals surface area (Å²) >= 11 is 1.55. The minimum absolute atomic E-state index is 0.171. The van der Waals surface area contributed by atoms with E-state index < -0.39 is 0 Å². The largest absolute Gasteiger partial charge is 0.378 e. The Labute approximate surface area is 214 Å². The van der Waals surface area contributed by atoms with Crippen LogP contribution < -0.4 is 25.7 Å². The minimum Gasteiger partial charge on any atom is -0.378 e. The number of thiazole rings is 1. The molecule has 0 saturated carbocycles. The molecule has 10 heteroatoms. The second kappa shape index (κ2) is 13.2. The Balaban J connectivity index is 1.51. The van der Waals surface area contributed by atoms with Crippen molar-refractivity contribution in [3.8, 4) is 11.3 Å². The van der Waals surface area contributed by atoms with E-state index in [2.05, 4.69) is 55.1 Å². The molecule has 3 aromatic rings. The maximum absolute atomic E-state index is 13.4. The van der Waals surface area contributed by atoms with Crippen molar-refractivity contribution in [2.75, 3.05) is 57.9 Å². The van der Waals surface area contributed by atoms with E-state index in [1.807, 2.05) is 7.05 Å². The molecule has 0 aliphatic carbocycles. The van der Waals surface area contributed by atoms with Gasteiger partial charge >= 0.3 is 6.03 Å². The van der Waals surface area contributed by atoms with E-state index in [-0.39, 0.29) is 11.8 Å². The molecule has 2 heterocycles. The zero-order valence-corrected chi connectivity index (χ0v) is 21.3. The van der Waals surface area contributed by atoms with E-state index in [1.165, 1.54) is 17.8 Å². The number of halogens is 1. The number of rotatable bonds is 10. The van der Waals surface area contributed by atoms with E-state index in [0.717, 1.165) is 55.3 Å². The Morgan fingerprint density at radius 1 is 1.03 bits per heavy atom. The van der Waals surface area contributed by atoms with E-state index in [4.69, 9.17) is 9.73 Å². The molecule has 1 aromatic heterocycles. The van der Waals surface area contributed by atoms with Gasteiger partial charge in [0.25, 0.3) is 0 Å². The van der Waals surface area contributed by atoms with Crippen LogP contribution in [0.3, 0.4) is 0 Å². The first-order valence-electron chi connectivity index (χ1n) is 12.2. The van der Waals surface area contributed by atoms with Crippen LogP contribution in [0.2, 0.25) is 0 Å². The minimum atomic E-state index is -0.284. The zero-order valence-electron chi connectivity index (χ0n) is 20.5. The molecule has 0 spiro atoms. The maximum Gasteiger partial charge on any atom is 0.314 e. The van der Waals surface area contributed by atoms with Crippen LogP contribution in [0.1, 0.15) is 6.42 Å². The standard InChI is InChI=1S/C26H33FN6O2S/c1-28-12-13-30-25(34)29-11-2-14-33-24(19-36-26(33)31-22-7-5-21(27)6-8-22)20-3-9-23(10-4-20)32-15-17-35-18-16-32/h3-10,19,28H,2,11-18H2,1H3,(H2,29,30,34). The first-order chi connectivity index (χ1) is 17.6. The third-order valence-electron chi connectivity index (χ3n) is 5.89. The summed E-state index contributed by atoms with van der Waals surface area (Å²) in [6, 6.07) is 14.6. The molecule has 0 bridgehead atoms. The fraction of sp³-hybridized carbons (Fsp3) is 0.385. The average molecular weight is 513 g/mol. The van der Waals surface area contributed by atoms with Gasteiger partial charge in [-0.05, 0) is 55.4 Å². The number of urea groups is 1. The highest BCUT2D eigenvalue weighted by Crippen LogP contribution is 2.25. The highest BCUT2D eigenvalue weighted by atomic mass is 32.1. The fourth-order valence-corrected chi connectivity index (χ4v) is 4.91. The lowest BCUT2D eigenvalue weighted by Crippen LogP contribution is -2.39. The van der Waals surface area contributed by atoms with Gasteiger partial charge in [0.2, 0.25) is 0 Å². The Kier molecular flexibility index (Phi) is 9.48. The van der Waals surface area contributed by atoms with Gasteiger partial charge in [0, 0.05) is 50.3 Å². The topological polar surface area (TPSA) is 82.9 Å². The lowest BCUT2D eigenvalue weighted by molar-refractivity contribution is 0.122. The van der Waals surface area contributed by atoms with Crippen molar-refractivity contribution >= 4 is 28.7 Å². The molecule has 4 rings (SSSR count). The predicted molar refractivity (Wildman–Crippen MR) is 142 cm³/mol. The van der Waals surface area contributed by atoms with Gasteiger partial charge in [-0.2, -0.15) is 0 Å². The van der Waals surface area contributed by atoms with Gasteiger partial charge in [-0.1, -0.05) is 12.1 Å². The number of amides is 2. The molecule has 0 radical (unpaired) electrons. The van der Waals surface area contributed by atoms with Gasteiger partial charge in [0.05, 0.1) is 24.6 Å². The average Bonchev–Trinajstić information content (AvgIpc) is 3.31. The molecule has 0 unspecified atom stereocenters. The monoisotopic (exact) mass is 512 g/mol. The molecule has 2 aromatic carbocycles. The van der Waals surface area contributed by atoms with Gasteiger partial charge in [-0.3, -0.25) is 0 Å². The van der Waals surface area contributed by atoms with Crippen LogP contribution in [-0.4, -0.2) is 63.6 Å². The Bertz CT molecular complexity index is 1170. The van der Waals surface area contributed by atoms with Crippen LogP contribution in [0, 0.1) is 5.82 Å². The number of morpholine rings is 1. The molecule has 2 amide bonds. The molecule has 1 fully saturated rings. The van der Waals surface area contributed by atoms with E-state index in [0.29, 0.717) is 25.3 Å². The van der Waals surface area contributed by atoms with Crippen LogP contribution in [0.4, 0.5) is 20.6 Å². The molecule has 8 nitrogen and oxygen atoms in total. The van der Waals surface area contributed by atoms with E-state index >= 15 is 0 Å². The molecular weight excluding hydrogens is 479 g/mol. The van der Waals surface area contributed by atoms with E-state index in [9.17, 15) is 9.18 Å². The quantitative estimate of drug-likeness (QED) is 0.364. The van der Waals surface area contributed by atoms with Crippen molar-refractivity contribution in [1.29, 1.82) is 0 Å². The van der Waals surface area contributed by atoms with Crippen LogP contribution >= 0.6 is 11.3 Å². The summed E-state index contributed by atoms with van der Waals surface area (Å²) in [5, 5.41) is 10.8. The number of anilines is 1. The SMILES string of the molecule is CNCCNC(=O)NCCCn1c(-c2ccc(N3CCOCC3)cc2)csc1=Nc1ccc(F)cc1. The van der Waals surface area contributed by atoms with Crippen molar-refractivity contribution < 1.29 is 13.9 Å². The van der Waals surface area contributed by atoms with Crippen LogP contribution in [0.5, 0.6) is 0 Å². The second-order valence-electron chi connectivity index (χ2n) is 8.43. The van der Waals surface area contributed by atoms with E-state index in [1.54, 1.807) is 23.5 Å². The second-order valence-corrected chi connectivity index (χ2v) is 9.27. The molecule has 3 N–H and O–H groups in total. The number of nitrogens with one attached hydrogen (secondary N) is 3. The highest BCUT2D eigenvalue weighted by Gasteiger charge is 2.13. The molecule has 1 saturated heterocycles. The maximum atomic E-state index is 13.4. The number of benzene rings is 2. The number of carbonyl (C=O) groups is 1. The summed E-state index contributed by atoms with van der Waals surface area (Å²) in [7, 11) is 1.85. The molecule has 0 atom stereocenters. The molecule has 1 aliphatic heterocycles. The summed E-state index contributed by atoms with van der Waals surface area (Å²) in [4.78, 5) is 19.9.